The minimum absolute atomic E-state index is 0.0911. The third kappa shape index (κ3) is 2.39. The van der Waals surface area contributed by atoms with Crippen molar-refractivity contribution >= 4 is 11.9 Å². The molecule has 0 spiro atoms. The first-order chi connectivity index (χ1) is 8.31. The SMILES string of the molecule is CCC(C)N(C)C(=O)c1c(C)[nH]c(C(=O)O)c1C. The second kappa shape index (κ2) is 5.25. The average molecular weight is 252 g/mol. The normalized spacial score (nSPS) is 12.3. The summed E-state index contributed by atoms with van der Waals surface area (Å²) in [7, 11) is 1.74. The molecule has 0 fully saturated rings. The number of carbonyl (C=O) groups is 2. The van der Waals surface area contributed by atoms with Gasteiger partial charge in [0.1, 0.15) is 5.69 Å². The van der Waals surface area contributed by atoms with Crippen LogP contribution in [-0.2, 0) is 0 Å². The first kappa shape index (κ1) is 14.3. The van der Waals surface area contributed by atoms with Gasteiger partial charge in [-0.2, -0.15) is 0 Å². The van der Waals surface area contributed by atoms with E-state index in [1.807, 2.05) is 13.8 Å². The molecular formula is C13H20N2O3. The number of amides is 1. The summed E-state index contributed by atoms with van der Waals surface area (Å²) in [6.07, 6.45) is 0.858. The zero-order valence-corrected chi connectivity index (χ0v) is 11.5. The zero-order valence-electron chi connectivity index (χ0n) is 11.5. The van der Waals surface area contributed by atoms with Gasteiger partial charge in [0.25, 0.3) is 5.91 Å². The van der Waals surface area contributed by atoms with Gasteiger partial charge < -0.3 is 15.0 Å². The van der Waals surface area contributed by atoms with Gasteiger partial charge in [0, 0.05) is 18.8 Å². The molecule has 1 aromatic rings. The minimum Gasteiger partial charge on any atom is -0.477 e. The molecule has 0 aliphatic carbocycles. The Morgan fingerprint density at radius 1 is 1.39 bits per heavy atom. The van der Waals surface area contributed by atoms with Gasteiger partial charge in [-0.15, -0.1) is 0 Å². The second-order valence-electron chi connectivity index (χ2n) is 4.60. The van der Waals surface area contributed by atoms with Crippen molar-refractivity contribution in [2.45, 2.75) is 40.2 Å². The van der Waals surface area contributed by atoms with Gasteiger partial charge >= 0.3 is 5.97 Å². The van der Waals surface area contributed by atoms with E-state index in [0.29, 0.717) is 16.8 Å². The van der Waals surface area contributed by atoms with E-state index >= 15 is 0 Å². The zero-order chi connectivity index (χ0) is 14.0. The molecule has 1 aromatic heterocycles. The topological polar surface area (TPSA) is 73.4 Å². The highest BCUT2D eigenvalue weighted by Gasteiger charge is 2.25. The molecule has 5 heteroatoms. The van der Waals surface area contributed by atoms with E-state index in [-0.39, 0.29) is 17.6 Å². The number of carboxylic acids is 1. The molecule has 1 amide bonds. The number of aromatic nitrogens is 1. The molecule has 5 nitrogen and oxygen atoms in total. The Morgan fingerprint density at radius 2 is 1.94 bits per heavy atom. The summed E-state index contributed by atoms with van der Waals surface area (Å²) in [4.78, 5) is 27.8. The molecule has 1 heterocycles. The number of aromatic carboxylic acids is 1. The maximum Gasteiger partial charge on any atom is 0.352 e. The Labute approximate surface area is 107 Å². The number of carbonyl (C=O) groups excluding carboxylic acids is 1. The Bertz CT molecular complexity index is 477. The molecular weight excluding hydrogens is 232 g/mol. The summed E-state index contributed by atoms with van der Waals surface area (Å²) in [5, 5.41) is 9.02. The van der Waals surface area contributed by atoms with Gasteiger partial charge in [0.05, 0.1) is 5.56 Å². The van der Waals surface area contributed by atoms with E-state index in [1.165, 1.54) is 0 Å². The van der Waals surface area contributed by atoms with Crippen molar-refractivity contribution in [2.75, 3.05) is 7.05 Å². The third-order valence-electron chi connectivity index (χ3n) is 3.44. The monoisotopic (exact) mass is 252 g/mol. The predicted octanol–water partition coefficient (Wildman–Crippen LogP) is 2.20. The van der Waals surface area contributed by atoms with Gasteiger partial charge in [-0.1, -0.05) is 6.92 Å². The van der Waals surface area contributed by atoms with Gasteiger partial charge in [0.2, 0.25) is 0 Å². The van der Waals surface area contributed by atoms with Crippen molar-refractivity contribution < 1.29 is 14.7 Å². The summed E-state index contributed by atoms with van der Waals surface area (Å²) in [5.41, 5.74) is 1.66. The number of hydrogen-bond donors (Lipinski definition) is 2. The fraction of sp³-hybridized carbons (Fsp3) is 0.538. The van der Waals surface area contributed by atoms with Crippen LogP contribution in [0.4, 0.5) is 0 Å². The standard InChI is InChI=1S/C13H20N2O3/c1-6-7(2)15(5)12(16)10-8(3)11(13(17)18)14-9(10)4/h7,14H,6H2,1-5H3,(H,17,18). The maximum atomic E-state index is 12.3. The molecule has 100 valence electrons. The number of aryl methyl sites for hydroxylation is 1. The van der Waals surface area contributed by atoms with Crippen LogP contribution in [0.5, 0.6) is 0 Å². The number of nitrogens with zero attached hydrogens (tertiary/aromatic N) is 1. The van der Waals surface area contributed by atoms with Crippen LogP contribution in [0.3, 0.4) is 0 Å². The Kier molecular flexibility index (Phi) is 4.16. The van der Waals surface area contributed by atoms with Gasteiger partial charge in [-0.05, 0) is 32.8 Å². The van der Waals surface area contributed by atoms with Crippen molar-refractivity contribution in [3.05, 3.63) is 22.5 Å². The van der Waals surface area contributed by atoms with Crippen LogP contribution in [0.25, 0.3) is 0 Å². The second-order valence-corrected chi connectivity index (χ2v) is 4.60. The number of rotatable bonds is 4. The molecule has 0 aromatic carbocycles. The van der Waals surface area contributed by atoms with Crippen molar-refractivity contribution in [2.24, 2.45) is 0 Å². The van der Waals surface area contributed by atoms with E-state index in [4.69, 9.17) is 5.11 Å². The summed E-state index contributed by atoms with van der Waals surface area (Å²) >= 11 is 0. The van der Waals surface area contributed by atoms with Gasteiger partial charge in [0.15, 0.2) is 0 Å². The fourth-order valence-electron chi connectivity index (χ4n) is 1.94. The van der Waals surface area contributed by atoms with Crippen LogP contribution in [0.15, 0.2) is 0 Å². The molecule has 1 unspecified atom stereocenters. The van der Waals surface area contributed by atoms with Crippen LogP contribution < -0.4 is 0 Å². The fourth-order valence-corrected chi connectivity index (χ4v) is 1.94. The van der Waals surface area contributed by atoms with Crippen LogP contribution in [0.1, 0.15) is 52.4 Å². The maximum absolute atomic E-state index is 12.3. The van der Waals surface area contributed by atoms with Crippen LogP contribution >= 0.6 is 0 Å². The first-order valence-electron chi connectivity index (χ1n) is 6.00. The lowest BCUT2D eigenvalue weighted by molar-refractivity contribution is 0.0690. The number of nitrogens with one attached hydrogen (secondary N) is 1. The van der Waals surface area contributed by atoms with Crippen molar-refractivity contribution in [3.8, 4) is 0 Å². The Hall–Kier alpha value is -1.78. The smallest absolute Gasteiger partial charge is 0.352 e. The molecule has 0 bridgehead atoms. The molecule has 0 saturated heterocycles. The molecule has 1 atom stereocenters. The van der Waals surface area contributed by atoms with Gasteiger partial charge in [-0.25, -0.2) is 4.79 Å². The predicted molar refractivity (Wildman–Crippen MR) is 69.1 cm³/mol. The van der Waals surface area contributed by atoms with Crippen LogP contribution in [-0.4, -0.2) is 40.0 Å². The molecule has 18 heavy (non-hydrogen) atoms. The quantitative estimate of drug-likeness (QED) is 0.862. The third-order valence-corrected chi connectivity index (χ3v) is 3.44. The molecule has 0 aliphatic rings. The summed E-state index contributed by atoms with van der Waals surface area (Å²) < 4.78 is 0. The van der Waals surface area contributed by atoms with E-state index in [9.17, 15) is 9.59 Å². The summed E-state index contributed by atoms with van der Waals surface area (Å²) in [6.45, 7) is 7.35. The Balaban J connectivity index is 3.18. The molecule has 2 N–H and O–H groups in total. The number of hydrogen-bond acceptors (Lipinski definition) is 2. The van der Waals surface area contributed by atoms with Crippen LogP contribution in [0, 0.1) is 13.8 Å². The molecule has 0 aliphatic heterocycles. The molecule has 0 saturated carbocycles. The van der Waals surface area contributed by atoms with E-state index < -0.39 is 5.97 Å². The lowest BCUT2D eigenvalue weighted by Crippen LogP contribution is -2.35. The number of aromatic amines is 1. The van der Waals surface area contributed by atoms with Crippen molar-refractivity contribution in [1.82, 2.24) is 9.88 Å². The number of H-pyrrole nitrogens is 1. The molecule has 0 radical (unpaired) electrons. The lowest BCUT2D eigenvalue weighted by atomic mass is 10.1. The van der Waals surface area contributed by atoms with Crippen LogP contribution in [0.2, 0.25) is 0 Å². The van der Waals surface area contributed by atoms with E-state index in [0.717, 1.165) is 6.42 Å². The first-order valence-corrected chi connectivity index (χ1v) is 6.00. The highest BCUT2D eigenvalue weighted by molar-refractivity contribution is 6.00. The lowest BCUT2D eigenvalue weighted by Gasteiger charge is -2.24. The Morgan fingerprint density at radius 3 is 2.33 bits per heavy atom. The minimum atomic E-state index is -1.04. The van der Waals surface area contributed by atoms with Crippen molar-refractivity contribution in [3.63, 3.8) is 0 Å². The van der Waals surface area contributed by atoms with Crippen molar-refractivity contribution in [1.29, 1.82) is 0 Å². The summed E-state index contributed by atoms with van der Waals surface area (Å²) in [5.74, 6) is -1.18. The average Bonchev–Trinajstić information content (AvgIpc) is 2.62. The summed E-state index contributed by atoms with van der Waals surface area (Å²) in [6, 6.07) is 0.125. The van der Waals surface area contributed by atoms with Gasteiger partial charge in [-0.3, -0.25) is 4.79 Å². The van der Waals surface area contributed by atoms with E-state index in [2.05, 4.69) is 4.98 Å². The largest absolute Gasteiger partial charge is 0.477 e. The highest BCUT2D eigenvalue weighted by Crippen LogP contribution is 2.20. The van der Waals surface area contributed by atoms with E-state index in [1.54, 1.807) is 25.8 Å². The number of carboxylic acid groups (broad SMARTS) is 1. The highest BCUT2D eigenvalue weighted by atomic mass is 16.4. The molecule has 1 rings (SSSR count).